The molecule has 0 unspecified atom stereocenters. The van der Waals surface area contributed by atoms with Crippen molar-refractivity contribution in [1.29, 1.82) is 0 Å². The van der Waals surface area contributed by atoms with E-state index in [2.05, 4.69) is 5.32 Å². The van der Waals surface area contributed by atoms with Gasteiger partial charge in [-0.25, -0.2) is 13.2 Å². The van der Waals surface area contributed by atoms with Gasteiger partial charge >= 0.3 is 5.97 Å². The lowest BCUT2D eigenvalue weighted by molar-refractivity contribution is -0.124. The van der Waals surface area contributed by atoms with Gasteiger partial charge in [0.15, 0.2) is 16.4 Å². The van der Waals surface area contributed by atoms with Gasteiger partial charge in [0.1, 0.15) is 0 Å². The topological polar surface area (TPSA) is 89.5 Å². The fourth-order valence-electron chi connectivity index (χ4n) is 2.11. The second kappa shape index (κ2) is 8.82. The molecule has 0 radical (unpaired) electrons. The summed E-state index contributed by atoms with van der Waals surface area (Å²) >= 11 is 5.78. The molecular weight excluding hydrogens is 378 g/mol. The van der Waals surface area contributed by atoms with Gasteiger partial charge in [-0.05, 0) is 35.4 Å². The number of carbonyl (C=O) groups excluding carboxylic acids is 2. The molecule has 0 fully saturated rings. The Morgan fingerprint density at radius 2 is 1.58 bits per heavy atom. The molecule has 0 spiro atoms. The van der Waals surface area contributed by atoms with Crippen LogP contribution in [0.4, 0.5) is 0 Å². The maximum Gasteiger partial charge on any atom is 0.338 e. The highest BCUT2D eigenvalue weighted by Gasteiger charge is 2.11. The third-order valence-corrected chi connectivity index (χ3v) is 4.47. The quantitative estimate of drug-likeness (QED) is 0.727. The number of esters is 1. The molecule has 0 saturated carbocycles. The number of rotatable bonds is 7. The number of amides is 1. The van der Waals surface area contributed by atoms with Crippen LogP contribution in [0.2, 0.25) is 5.02 Å². The van der Waals surface area contributed by atoms with Gasteiger partial charge in [-0.1, -0.05) is 35.9 Å². The van der Waals surface area contributed by atoms with Gasteiger partial charge in [-0.15, -0.1) is 0 Å². The normalized spacial score (nSPS) is 11.0. The lowest BCUT2D eigenvalue weighted by Crippen LogP contribution is -2.28. The van der Waals surface area contributed by atoms with Crippen LogP contribution in [0, 0.1) is 0 Å². The van der Waals surface area contributed by atoms with E-state index in [1.165, 1.54) is 24.3 Å². The smallest absolute Gasteiger partial charge is 0.338 e. The maximum atomic E-state index is 11.9. The van der Waals surface area contributed by atoms with Crippen molar-refractivity contribution < 1.29 is 22.7 Å². The molecule has 8 heteroatoms. The van der Waals surface area contributed by atoms with Gasteiger partial charge in [-0.2, -0.15) is 0 Å². The summed E-state index contributed by atoms with van der Waals surface area (Å²) in [5.74, 6) is -1.19. The zero-order valence-electron chi connectivity index (χ0n) is 14.1. The van der Waals surface area contributed by atoms with Crippen LogP contribution in [0.25, 0.3) is 0 Å². The fraction of sp³-hybridized carbons (Fsp3) is 0.222. The Hall–Kier alpha value is -2.38. The average Bonchev–Trinajstić information content (AvgIpc) is 2.58. The first-order valence-electron chi connectivity index (χ1n) is 7.68. The monoisotopic (exact) mass is 395 g/mol. The number of hydrogen-bond donors (Lipinski definition) is 1. The van der Waals surface area contributed by atoms with Crippen LogP contribution in [0.15, 0.2) is 48.5 Å². The Morgan fingerprint density at radius 3 is 2.15 bits per heavy atom. The van der Waals surface area contributed by atoms with E-state index >= 15 is 0 Å². The van der Waals surface area contributed by atoms with Crippen molar-refractivity contribution in [3.8, 4) is 0 Å². The van der Waals surface area contributed by atoms with Crippen molar-refractivity contribution in [3.63, 3.8) is 0 Å². The number of sulfone groups is 1. The molecular formula is C18H18ClNO5S. The molecule has 2 aromatic rings. The highest BCUT2D eigenvalue weighted by Crippen LogP contribution is 2.10. The lowest BCUT2D eigenvalue weighted by Gasteiger charge is -2.07. The zero-order chi connectivity index (χ0) is 19.2. The molecule has 0 bridgehead atoms. The first-order chi connectivity index (χ1) is 12.2. The SMILES string of the molecule is CS(=O)(=O)Cc1ccc(C(=O)OCC(=O)NCc2ccc(Cl)cc2)cc1. The number of nitrogens with one attached hydrogen (secondary N) is 1. The largest absolute Gasteiger partial charge is 0.452 e. The summed E-state index contributed by atoms with van der Waals surface area (Å²) < 4.78 is 27.4. The molecule has 0 aliphatic carbocycles. The van der Waals surface area contributed by atoms with Crippen LogP contribution in [0.3, 0.4) is 0 Å². The van der Waals surface area contributed by atoms with Gasteiger partial charge in [-0.3, -0.25) is 4.79 Å². The van der Waals surface area contributed by atoms with Crippen molar-refractivity contribution in [1.82, 2.24) is 5.32 Å². The Labute approximate surface area is 157 Å². The summed E-state index contributed by atoms with van der Waals surface area (Å²) in [4.78, 5) is 23.7. The zero-order valence-corrected chi connectivity index (χ0v) is 15.6. The first kappa shape index (κ1) is 19.9. The third kappa shape index (κ3) is 6.85. The van der Waals surface area contributed by atoms with E-state index in [1.54, 1.807) is 24.3 Å². The highest BCUT2D eigenvalue weighted by atomic mass is 35.5. The van der Waals surface area contributed by atoms with E-state index in [0.29, 0.717) is 17.1 Å². The molecule has 2 rings (SSSR count). The van der Waals surface area contributed by atoms with E-state index < -0.39 is 28.3 Å². The van der Waals surface area contributed by atoms with Crippen molar-refractivity contribution in [2.75, 3.05) is 12.9 Å². The van der Waals surface area contributed by atoms with E-state index in [4.69, 9.17) is 16.3 Å². The first-order valence-corrected chi connectivity index (χ1v) is 10.1. The number of ether oxygens (including phenoxy) is 1. The van der Waals surface area contributed by atoms with Crippen LogP contribution in [0.1, 0.15) is 21.5 Å². The van der Waals surface area contributed by atoms with Crippen molar-refractivity contribution in [2.24, 2.45) is 0 Å². The van der Waals surface area contributed by atoms with E-state index in [9.17, 15) is 18.0 Å². The molecule has 26 heavy (non-hydrogen) atoms. The third-order valence-electron chi connectivity index (χ3n) is 3.36. The van der Waals surface area contributed by atoms with Gasteiger partial charge in [0.2, 0.25) is 0 Å². The predicted molar refractivity (Wildman–Crippen MR) is 98.6 cm³/mol. The Morgan fingerprint density at radius 1 is 1.00 bits per heavy atom. The van der Waals surface area contributed by atoms with E-state index in [0.717, 1.165) is 11.8 Å². The lowest BCUT2D eigenvalue weighted by atomic mass is 10.1. The Bertz CT molecular complexity index is 877. The summed E-state index contributed by atoms with van der Waals surface area (Å²) in [6.45, 7) is -0.106. The maximum absolute atomic E-state index is 11.9. The van der Waals surface area contributed by atoms with Crippen molar-refractivity contribution in [3.05, 3.63) is 70.2 Å². The van der Waals surface area contributed by atoms with Crippen LogP contribution >= 0.6 is 11.6 Å². The number of hydrogen-bond acceptors (Lipinski definition) is 5. The minimum atomic E-state index is -3.14. The van der Waals surface area contributed by atoms with Crippen molar-refractivity contribution in [2.45, 2.75) is 12.3 Å². The van der Waals surface area contributed by atoms with Gasteiger partial charge in [0.25, 0.3) is 5.91 Å². The minimum absolute atomic E-state index is 0.102. The van der Waals surface area contributed by atoms with Crippen LogP contribution in [-0.4, -0.2) is 33.2 Å². The van der Waals surface area contributed by atoms with Gasteiger partial charge in [0, 0.05) is 17.8 Å². The molecule has 0 aliphatic rings. The number of benzene rings is 2. The van der Waals surface area contributed by atoms with E-state index in [1.807, 2.05) is 0 Å². The standard InChI is InChI=1S/C18H18ClNO5S/c1-26(23,24)12-14-2-6-15(7-3-14)18(22)25-11-17(21)20-10-13-4-8-16(19)9-5-13/h2-9H,10-12H2,1H3,(H,20,21). The van der Waals surface area contributed by atoms with Crippen molar-refractivity contribution >= 4 is 33.3 Å². The molecule has 6 nitrogen and oxygen atoms in total. The Kier molecular flexibility index (Phi) is 6.76. The molecule has 1 N–H and O–H groups in total. The predicted octanol–water partition coefficient (Wildman–Crippen LogP) is 2.36. The molecule has 0 aliphatic heterocycles. The summed E-state index contributed by atoms with van der Waals surface area (Å²) in [5.41, 5.74) is 1.69. The van der Waals surface area contributed by atoms with Crippen LogP contribution < -0.4 is 5.32 Å². The molecule has 0 saturated heterocycles. The Balaban J connectivity index is 1.80. The number of carbonyl (C=O) groups is 2. The summed E-state index contributed by atoms with van der Waals surface area (Å²) in [6, 6.07) is 13.0. The summed E-state index contributed by atoms with van der Waals surface area (Å²) in [6.07, 6.45) is 1.14. The molecule has 2 aromatic carbocycles. The number of halogens is 1. The van der Waals surface area contributed by atoms with Gasteiger partial charge < -0.3 is 10.1 Å². The molecule has 0 aromatic heterocycles. The van der Waals surface area contributed by atoms with E-state index in [-0.39, 0.29) is 11.3 Å². The summed E-state index contributed by atoms with van der Waals surface area (Å²) in [7, 11) is -3.14. The molecule has 0 heterocycles. The fourth-order valence-corrected chi connectivity index (χ4v) is 3.03. The van der Waals surface area contributed by atoms with Crippen LogP contribution in [0.5, 0.6) is 0 Å². The summed E-state index contributed by atoms with van der Waals surface area (Å²) in [5, 5.41) is 3.24. The minimum Gasteiger partial charge on any atom is -0.452 e. The molecule has 138 valence electrons. The molecule has 0 atom stereocenters. The average molecular weight is 396 g/mol. The van der Waals surface area contributed by atoms with Crippen LogP contribution in [-0.2, 0) is 31.7 Å². The second-order valence-electron chi connectivity index (χ2n) is 5.75. The molecule has 1 amide bonds. The highest BCUT2D eigenvalue weighted by molar-refractivity contribution is 7.89. The second-order valence-corrected chi connectivity index (χ2v) is 8.32. The van der Waals surface area contributed by atoms with Gasteiger partial charge in [0.05, 0.1) is 11.3 Å².